The van der Waals surface area contributed by atoms with E-state index in [1.165, 1.54) is 24.3 Å². The van der Waals surface area contributed by atoms with Gasteiger partial charge >= 0.3 is 6.36 Å². The van der Waals surface area contributed by atoms with Gasteiger partial charge in [-0.3, -0.25) is 5.41 Å². The van der Waals surface area contributed by atoms with E-state index in [-0.39, 0.29) is 16.9 Å². The third kappa shape index (κ3) is 6.55. The van der Waals surface area contributed by atoms with Gasteiger partial charge in [0.05, 0.1) is 0 Å². The molecular formula is C10H11F3N4OS. The molecule has 5 N–H and O–H groups in total. The fourth-order valence-electron chi connectivity index (χ4n) is 1.09. The summed E-state index contributed by atoms with van der Waals surface area (Å²) in [7, 11) is 0. The molecule has 1 aromatic rings. The van der Waals surface area contributed by atoms with Crippen LogP contribution in [0.1, 0.15) is 5.56 Å². The van der Waals surface area contributed by atoms with Gasteiger partial charge in [0.2, 0.25) is 0 Å². The van der Waals surface area contributed by atoms with Crippen LogP contribution in [0.3, 0.4) is 0 Å². The van der Waals surface area contributed by atoms with E-state index in [9.17, 15) is 13.2 Å². The molecule has 0 unspecified atom stereocenters. The molecule has 0 bridgehead atoms. The van der Waals surface area contributed by atoms with Crippen LogP contribution in [0.4, 0.5) is 13.2 Å². The Balaban J connectivity index is 2.53. The Labute approximate surface area is 111 Å². The summed E-state index contributed by atoms with van der Waals surface area (Å²) in [6, 6.07) is 5.34. The van der Waals surface area contributed by atoms with E-state index in [0.717, 1.165) is 17.3 Å². The first-order chi connectivity index (χ1) is 8.76. The Morgan fingerprint density at radius 3 is 2.32 bits per heavy atom. The van der Waals surface area contributed by atoms with Crippen molar-refractivity contribution in [1.29, 1.82) is 5.41 Å². The Hall–Kier alpha value is -1.90. The number of benzene rings is 1. The maximum absolute atomic E-state index is 11.9. The summed E-state index contributed by atoms with van der Waals surface area (Å²) in [6.07, 6.45) is -4.70. The maximum Gasteiger partial charge on any atom is 0.573 e. The van der Waals surface area contributed by atoms with Crippen LogP contribution in [0.25, 0.3) is 0 Å². The Morgan fingerprint density at radius 2 is 1.84 bits per heavy atom. The summed E-state index contributed by atoms with van der Waals surface area (Å²) in [5, 5.41) is 7.30. The fourth-order valence-corrected chi connectivity index (χ4v) is 1.75. The molecule has 0 radical (unpaired) electrons. The first-order valence-electron chi connectivity index (χ1n) is 4.92. The van der Waals surface area contributed by atoms with Crippen molar-refractivity contribution in [3.05, 3.63) is 29.8 Å². The molecule has 0 aliphatic heterocycles. The Kier molecular flexibility index (Phi) is 5.04. The van der Waals surface area contributed by atoms with E-state index in [4.69, 9.17) is 16.9 Å². The number of nitrogens with two attached hydrogens (primary N) is 2. The highest BCUT2D eigenvalue weighted by Crippen LogP contribution is 2.24. The number of alkyl halides is 3. The highest BCUT2D eigenvalue weighted by molar-refractivity contribution is 8.13. The summed E-state index contributed by atoms with van der Waals surface area (Å²) in [4.78, 5) is 3.50. The maximum atomic E-state index is 11.9. The van der Waals surface area contributed by atoms with E-state index in [0.29, 0.717) is 5.75 Å². The molecule has 0 amide bonds. The first kappa shape index (κ1) is 15.2. The molecule has 9 heteroatoms. The van der Waals surface area contributed by atoms with E-state index < -0.39 is 6.36 Å². The van der Waals surface area contributed by atoms with Crippen LogP contribution >= 0.6 is 11.8 Å². The van der Waals surface area contributed by atoms with Crippen LogP contribution in [0.15, 0.2) is 29.3 Å². The molecule has 5 nitrogen and oxygen atoms in total. The molecule has 1 rings (SSSR count). The van der Waals surface area contributed by atoms with Gasteiger partial charge in [-0.05, 0) is 17.7 Å². The minimum absolute atomic E-state index is 0.0735. The number of hydrogen-bond acceptors (Lipinski definition) is 3. The summed E-state index contributed by atoms with van der Waals surface area (Å²) in [6.45, 7) is 0. The minimum Gasteiger partial charge on any atom is -0.406 e. The summed E-state index contributed by atoms with van der Waals surface area (Å²) >= 11 is 1.05. The van der Waals surface area contributed by atoms with Gasteiger partial charge in [0.1, 0.15) is 5.75 Å². The number of nitrogens with zero attached hydrogens (tertiary/aromatic N) is 1. The predicted octanol–water partition coefficient (Wildman–Crippen LogP) is 2.03. The van der Waals surface area contributed by atoms with Crippen LogP contribution in [-0.4, -0.2) is 17.5 Å². The minimum atomic E-state index is -4.70. The third-order valence-corrected chi connectivity index (χ3v) is 2.61. The molecule has 0 saturated carbocycles. The number of rotatable bonds is 3. The van der Waals surface area contributed by atoms with Crippen molar-refractivity contribution >= 4 is 22.9 Å². The highest BCUT2D eigenvalue weighted by atomic mass is 32.2. The topological polar surface area (TPSA) is 97.5 Å². The molecule has 0 spiro atoms. The molecule has 104 valence electrons. The predicted molar refractivity (Wildman–Crippen MR) is 68.0 cm³/mol. The largest absolute Gasteiger partial charge is 0.573 e. The molecule has 0 atom stereocenters. The first-order valence-corrected chi connectivity index (χ1v) is 5.90. The molecule has 0 fully saturated rings. The average Bonchev–Trinajstić information content (AvgIpc) is 2.25. The monoisotopic (exact) mass is 292 g/mol. The Bertz CT molecular complexity index is 469. The van der Waals surface area contributed by atoms with Crippen molar-refractivity contribution in [3.8, 4) is 5.75 Å². The molecule has 1 aromatic carbocycles. The van der Waals surface area contributed by atoms with Gasteiger partial charge in [0.15, 0.2) is 11.1 Å². The van der Waals surface area contributed by atoms with Crippen LogP contribution in [0.2, 0.25) is 0 Å². The fraction of sp³-hybridized carbons (Fsp3) is 0.200. The zero-order chi connectivity index (χ0) is 14.5. The van der Waals surface area contributed by atoms with Crippen molar-refractivity contribution in [1.82, 2.24) is 0 Å². The second-order valence-corrected chi connectivity index (χ2v) is 4.29. The molecule has 19 heavy (non-hydrogen) atoms. The van der Waals surface area contributed by atoms with Gasteiger partial charge in [0.25, 0.3) is 0 Å². The van der Waals surface area contributed by atoms with Crippen molar-refractivity contribution < 1.29 is 17.9 Å². The van der Waals surface area contributed by atoms with Crippen molar-refractivity contribution in [2.75, 3.05) is 0 Å². The van der Waals surface area contributed by atoms with Gasteiger partial charge in [-0.15, -0.1) is 13.2 Å². The highest BCUT2D eigenvalue weighted by Gasteiger charge is 2.30. The van der Waals surface area contributed by atoms with E-state index >= 15 is 0 Å². The van der Waals surface area contributed by atoms with Gasteiger partial charge in [-0.1, -0.05) is 23.9 Å². The van der Waals surface area contributed by atoms with Crippen molar-refractivity contribution in [3.63, 3.8) is 0 Å². The number of ether oxygens (including phenoxy) is 1. The SMILES string of the molecule is N=C(N=C(N)N)SCc1ccc(OC(F)(F)F)cc1. The lowest BCUT2D eigenvalue weighted by Gasteiger charge is -2.09. The standard InChI is InChI=1S/C10H11F3N4OS/c11-10(12,13)18-7-3-1-6(2-4-7)5-19-9(16)17-8(14)15/h1-4H,5H2,(H5,14,15,16,17). The Morgan fingerprint density at radius 1 is 1.26 bits per heavy atom. The number of nitrogens with one attached hydrogen (secondary N) is 1. The van der Waals surface area contributed by atoms with Gasteiger partial charge in [-0.2, -0.15) is 4.99 Å². The van der Waals surface area contributed by atoms with Crippen molar-refractivity contribution in [2.45, 2.75) is 12.1 Å². The van der Waals surface area contributed by atoms with Crippen LogP contribution in [0.5, 0.6) is 5.75 Å². The number of hydrogen-bond donors (Lipinski definition) is 3. The van der Waals surface area contributed by atoms with Crippen molar-refractivity contribution in [2.24, 2.45) is 16.5 Å². The third-order valence-electron chi connectivity index (χ3n) is 1.76. The molecule has 0 saturated heterocycles. The lowest BCUT2D eigenvalue weighted by Crippen LogP contribution is -2.23. The molecule has 0 aliphatic rings. The van der Waals surface area contributed by atoms with E-state index in [1.54, 1.807) is 0 Å². The number of thioether (sulfide) groups is 1. The van der Waals surface area contributed by atoms with Crippen LogP contribution in [-0.2, 0) is 5.75 Å². The molecular weight excluding hydrogens is 281 g/mol. The number of guanidine groups is 1. The molecule has 0 aliphatic carbocycles. The van der Waals surface area contributed by atoms with E-state index in [2.05, 4.69) is 9.73 Å². The second kappa shape index (κ2) is 6.32. The zero-order valence-corrected chi connectivity index (χ0v) is 10.4. The smallest absolute Gasteiger partial charge is 0.406 e. The summed E-state index contributed by atoms with van der Waals surface area (Å²) in [5.74, 6) is -0.144. The summed E-state index contributed by atoms with van der Waals surface area (Å²) < 4.78 is 39.5. The number of halogens is 3. The zero-order valence-electron chi connectivity index (χ0n) is 9.57. The lowest BCUT2D eigenvalue weighted by molar-refractivity contribution is -0.274. The second-order valence-electron chi connectivity index (χ2n) is 3.32. The average molecular weight is 292 g/mol. The van der Waals surface area contributed by atoms with Gasteiger partial charge in [0, 0.05) is 5.75 Å². The number of aliphatic imine (C=N–C) groups is 1. The van der Waals surface area contributed by atoms with Crippen LogP contribution in [0, 0.1) is 5.41 Å². The normalized spacial score (nSPS) is 10.9. The van der Waals surface area contributed by atoms with Gasteiger partial charge < -0.3 is 16.2 Å². The summed E-state index contributed by atoms with van der Waals surface area (Å²) in [5.41, 5.74) is 10.9. The number of amidine groups is 1. The van der Waals surface area contributed by atoms with E-state index in [1.807, 2.05) is 0 Å². The molecule has 0 aromatic heterocycles. The quantitative estimate of drug-likeness (QED) is 0.586. The van der Waals surface area contributed by atoms with Crippen LogP contribution < -0.4 is 16.2 Å². The molecule has 0 heterocycles. The van der Waals surface area contributed by atoms with Gasteiger partial charge in [-0.25, -0.2) is 0 Å². The lowest BCUT2D eigenvalue weighted by atomic mass is 10.2.